The third kappa shape index (κ3) is 1.75. The fourth-order valence-corrected chi connectivity index (χ4v) is 1.90. The normalized spacial score (nSPS) is 27.8. The summed E-state index contributed by atoms with van der Waals surface area (Å²) in [5, 5.41) is 0. The van der Waals surface area contributed by atoms with Gasteiger partial charge in [0, 0.05) is 12.5 Å². The van der Waals surface area contributed by atoms with E-state index < -0.39 is 0 Å². The van der Waals surface area contributed by atoms with Crippen molar-refractivity contribution >= 4 is 0 Å². The van der Waals surface area contributed by atoms with Gasteiger partial charge in [0.2, 0.25) is 0 Å². The van der Waals surface area contributed by atoms with Crippen LogP contribution in [0.15, 0.2) is 24.3 Å². The minimum atomic E-state index is 0.612. The van der Waals surface area contributed by atoms with Gasteiger partial charge in [-0.3, -0.25) is 0 Å². The molecule has 1 aliphatic rings. The summed E-state index contributed by atoms with van der Waals surface area (Å²) < 4.78 is 5.45. The fraction of sp³-hybridized carbons (Fsp3) is 0.500. The molecule has 1 unspecified atom stereocenters. The highest BCUT2D eigenvalue weighted by Gasteiger charge is 2.25. The molecule has 0 amide bonds. The number of rotatable bonds is 1. The Morgan fingerprint density at radius 3 is 2.38 bits per heavy atom. The number of aryl methyl sites for hydroxylation is 1. The monoisotopic (exact) mass is 176 g/mol. The molecule has 1 nitrogen and oxygen atoms in total. The van der Waals surface area contributed by atoms with Gasteiger partial charge in [0.25, 0.3) is 0 Å². The standard InChI is InChI=1S/C12H16O/c1-9-3-5-11(6-4-9)12-8-13-7-10(12)2/h3-6,10,12H,7-8H2,1-2H3/t10-,12?/m0/s1. The van der Waals surface area contributed by atoms with Gasteiger partial charge in [0.1, 0.15) is 0 Å². The van der Waals surface area contributed by atoms with Gasteiger partial charge >= 0.3 is 0 Å². The Morgan fingerprint density at radius 1 is 1.15 bits per heavy atom. The van der Waals surface area contributed by atoms with Crippen LogP contribution in [0.1, 0.15) is 24.0 Å². The summed E-state index contributed by atoms with van der Waals surface area (Å²) in [6.45, 7) is 6.19. The molecule has 0 aliphatic carbocycles. The van der Waals surface area contributed by atoms with Crippen molar-refractivity contribution in [3.05, 3.63) is 35.4 Å². The largest absolute Gasteiger partial charge is 0.381 e. The van der Waals surface area contributed by atoms with Gasteiger partial charge < -0.3 is 4.74 Å². The Labute approximate surface area is 79.7 Å². The lowest BCUT2D eigenvalue weighted by Crippen LogP contribution is -2.06. The zero-order chi connectivity index (χ0) is 9.26. The van der Waals surface area contributed by atoms with Gasteiger partial charge in [-0.15, -0.1) is 0 Å². The zero-order valence-corrected chi connectivity index (χ0v) is 8.29. The Hall–Kier alpha value is -0.820. The minimum Gasteiger partial charge on any atom is -0.381 e. The molecule has 2 atom stereocenters. The smallest absolute Gasteiger partial charge is 0.0538 e. The van der Waals surface area contributed by atoms with E-state index in [9.17, 15) is 0 Å². The summed E-state index contributed by atoms with van der Waals surface area (Å²) in [4.78, 5) is 0. The van der Waals surface area contributed by atoms with Crippen LogP contribution in [0.4, 0.5) is 0 Å². The van der Waals surface area contributed by atoms with E-state index >= 15 is 0 Å². The van der Waals surface area contributed by atoms with E-state index in [-0.39, 0.29) is 0 Å². The van der Waals surface area contributed by atoms with Crippen molar-refractivity contribution < 1.29 is 4.74 Å². The number of hydrogen-bond donors (Lipinski definition) is 0. The summed E-state index contributed by atoms with van der Waals surface area (Å²) in [5.74, 6) is 1.28. The minimum absolute atomic E-state index is 0.612. The van der Waals surface area contributed by atoms with Gasteiger partial charge in [-0.1, -0.05) is 36.8 Å². The quantitative estimate of drug-likeness (QED) is 0.639. The van der Waals surface area contributed by atoms with Crippen LogP contribution in [0.5, 0.6) is 0 Å². The van der Waals surface area contributed by atoms with Crippen LogP contribution in [0.3, 0.4) is 0 Å². The topological polar surface area (TPSA) is 9.23 Å². The molecule has 0 N–H and O–H groups in total. The maximum atomic E-state index is 5.45. The Kier molecular flexibility index (Phi) is 2.36. The first-order valence-electron chi connectivity index (χ1n) is 4.91. The predicted molar refractivity (Wildman–Crippen MR) is 53.9 cm³/mol. The summed E-state index contributed by atoms with van der Waals surface area (Å²) in [6, 6.07) is 8.82. The van der Waals surface area contributed by atoms with Crippen LogP contribution in [0, 0.1) is 12.8 Å². The molecule has 1 heteroatoms. The number of ether oxygens (including phenoxy) is 1. The highest BCUT2D eigenvalue weighted by Crippen LogP contribution is 2.30. The Bertz CT molecular complexity index is 276. The van der Waals surface area contributed by atoms with Crippen molar-refractivity contribution in [3.63, 3.8) is 0 Å². The van der Waals surface area contributed by atoms with Crippen LogP contribution in [-0.2, 0) is 4.74 Å². The molecule has 0 saturated carbocycles. The molecule has 1 fully saturated rings. The average Bonchev–Trinajstić information content (AvgIpc) is 2.53. The molecule has 0 spiro atoms. The second kappa shape index (κ2) is 3.51. The highest BCUT2D eigenvalue weighted by atomic mass is 16.5. The van der Waals surface area contributed by atoms with E-state index in [1.807, 2.05) is 0 Å². The maximum Gasteiger partial charge on any atom is 0.0538 e. The van der Waals surface area contributed by atoms with E-state index in [4.69, 9.17) is 4.74 Å². The molecule has 1 aromatic carbocycles. The average molecular weight is 176 g/mol. The molecule has 2 rings (SSSR count). The molecule has 70 valence electrons. The molecule has 1 heterocycles. The van der Waals surface area contributed by atoms with Gasteiger partial charge in [-0.25, -0.2) is 0 Å². The summed E-state index contributed by atoms with van der Waals surface area (Å²) in [6.07, 6.45) is 0. The van der Waals surface area contributed by atoms with Gasteiger partial charge in [-0.05, 0) is 18.4 Å². The van der Waals surface area contributed by atoms with Crippen molar-refractivity contribution in [1.82, 2.24) is 0 Å². The predicted octanol–water partition coefficient (Wildman–Crippen LogP) is 2.74. The van der Waals surface area contributed by atoms with Gasteiger partial charge in [0.15, 0.2) is 0 Å². The third-order valence-electron chi connectivity index (χ3n) is 2.87. The van der Waals surface area contributed by atoms with Gasteiger partial charge in [0.05, 0.1) is 6.61 Å². The van der Waals surface area contributed by atoms with Crippen LogP contribution in [0.25, 0.3) is 0 Å². The summed E-state index contributed by atoms with van der Waals surface area (Å²) >= 11 is 0. The fourth-order valence-electron chi connectivity index (χ4n) is 1.90. The lowest BCUT2D eigenvalue weighted by Gasteiger charge is -2.13. The first-order chi connectivity index (χ1) is 6.27. The van der Waals surface area contributed by atoms with Crippen molar-refractivity contribution in [2.75, 3.05) is 13.2 Å². The van der Waals surface area contributed by atoms with Crippen LogP contribution < -0.4 is 0 Å². The highest BCUT2D eigenvalue weighted by molar-refractivity contribution is 5.25. The zero-order valence-electron chi connectivity index (χ0n) is 8.29. The summed E-state index contributed by atoms with van der Waals surface area (Å²) in [5.41, 5.74) is 2.76. The first kappa shape index (κ1) is 8.76. The van der Waals surface area contributed by atoms with Crippen molar-refractivity contribution in [3.8, 4) is 0 Å². The molecule has 1 aromatic rings. The molecule has 0 aromatic heterocycles. The van der Waals surface area contributed by atoms with Crippen molar-refractivity contribution in [1.29, 1.82) is 0 Å². The van der Waals surface area contributed by atoms with Crippen LogP contribution >= 0.6 is 0 Å². The second-order valence-corrected chi connectivity index (χ2v) is 4.03. The van der Waals surface area contributed by atoms with E-state index in [0.29, 0.717) is 11.8 Å². The molecule has 1 saturated heterocycles. The maximum absolute atomic E-state index is 5.45. The molecular formula is C12H16O. The number of hydrogen-bond acceptors (Lipinski definition) is 1. The lowest BCUT2D eigenvalue weighted by molar-refractivity contribution is 0.186. The van der Waals surface area contributed by atoms with Crippen LogP contribution in [-0.4, -0.2) is 13.2 Å². The molecule has 13 heavy (non-hydrogen) atoms. The molecule has 0 bridgehead atoms. The second-order valence-electron chi connectivity index (χ2n) is 4.03. The Balaban J connectivity index is 2.20. The summed E-state index contributed by atoms with van der Waals surface area (Å²) in [7, 11) is 0. The van der Waals surface area contributed by atoms with E-state index in [1.54, 1.807) is 0 Å². The van der Waals surface area contributed by atoms with Crippen molar-refractivity contribution in [2.24, 2.45) is 5.92 Å². The van der Waals surface area contributed by atoms with E-state index in [0.717, 1.165) is 13.2 Å². The van der Waals surface area contributed by atoms with Gasteiger partial charge in [-0.2, -0.15) is 0 Å². The molecular weight excluding hydrogens is 160 g/mol. The SMILES string of the molecule is Cc1ccc(C2COC[C@@H]2C)cc1. The Morgan fingerprint density at radius 2 is 1.85 bits per heavy atom. The third-order valence-corrected chi connectivity index (χ3v) is 2.87. The molecule has 0 radical (unpaired) electrons. The molecule has 1 aliphatic heterocycles. The van der Waals surface area contributed by atoms with Crippen LogP contribution in [0.2, 0.25) is 0 Å². The number of benzene rings is 1. The van der Waals surface area contributed by atoms with E-state index in [2.05, 4.69) is 38.1 Å². The van der Waals surface area contributed by atoms with E-state index in [1.165, 1.54) is 11.1 Å². The first-order valence-corrected chi connectivity index (χ1v) is 4.91. The lowest BCUT2D eigenvalue weighted by atomic mass is 9.90. The van der Waals surface area contributed by atoms with Crippen molar-refractivity contribution in [2.45, 2.75) is 19.8 Å².